The quantitative estimate of drug-likeness (QED) is 0.290. The van der Waals surface area contributed by atoms with E-state index >= 15 is 0 Å². The maximum Gasteiger partial charge on any atom is 0.328 e. The summed E-state index contributed by atoms with van der Waals surface area (Å²) in [6.07, 6.45) is 19.9. The number of hydrogen-bond donors (Lipinski definition) is 2. The second kappa shape index (κ2) is 14.7. The van der Waals surface area contributed by atoms with Crippen molar-refractivity contribution in [2.75, 3.05) is 0 Å². The van der Waals surface area contributed by atoms with Crippen LogP contribution in [-0.4, -0.2) is 17.8 Å². The van der Waals surface area contributed by atoms with Crippen LogP contribution in [0.15, 0.2) is 0 Å². The van der Waals surface area contributed by atoms with Crippen LogP contribution in [0.2, 0.25) is 0 Å². The van der Waals surface area contributed by atoms with E-state index in [-0.39, 0.29) is 0 Å². The van der Waals surface area contributed by atoms with Crippen molar-refractivity contribution in [1.82, 2.24) is 10.6 Å². The Kier molecular flexibility index (Phi) is 12.8. The maximum absolute atomic E-state index is 11.6. The van der Waals surface area contributed by atoms with E-state index in [4.69, 9.17) is 0 Å². The predicted molar refractivity (Wildman–Crippen MR) is 105 cm³/mol. The zero-order chi connectivity index (χ0) is 19.0. The van der Waals surface area contributed by atoms with Gasteiger partial charge < -0.3 is 0 Å². The molecule has 0 spiro atoms. The van der Waals surface area contributed by atoms with Gasteiger partial charge in [-0.05, 0) is 6.42 Å². The molecule has 0 bridgehead atoms. The van der Waals surface area contributed by atoms with Gasteiger partial charge in [0.15, 0.2) is 0 Å². The van der Waals surface area contributed by atoms with Gasteiger partial charge in [-0.2, -0.15) is 0 Å². The molecule has 1 rings (SSSR count). The summed E-state index contributed by atoms with van der Waals surface area (Å²) in [5, 5.41) is 4.30. The van der Waals surface area contributed by atoms with Gasteiger partial charge in [-0.1, -0.05) is 103 Å². The molecule has 2 N–H and O–H groups in total. The molecule has 1 fully saturated rings. The number of carbonyl (C=O) groups excluding carboxylic acids is 3. The molecule has 0 aromatic carbocycles. The van der Waals surface area contributed by atoms with Gasteiger partial charge in [0.25, 0.3) is 0 Å². The van der Waals surface area contributed by atoms with Gasteiger partial charge in [0.1, 0.15) is 5.92 Å². The Hall–Kier alpha value is -1.39. The molecule has 1 heterocycles. The highest BCUT2D eigenvalue weighted by Crippen LogP contribution is 2.16. The molecule has 0 radical (unpaired) electrons. The van der Waals surface area contributed by atoms with Crippen LogP contribution in [0.25, 0.3) is 0 Å². The average Bonchev–Trinajstić information content (AvgIpc) is 2.60. The van der Waals surface area contributed by atoms with Crippen LogP contribution in [0.5, 0.6) is 0 Å². The van der Waals surface area contributed by atoms with Crippen LogP contribution in [0.3, 0.4) is 0 Å². The third-order valence-corrected chi connectivity index (χ3v) is 5.20. The molecule has 0 unspecified atom stereocenters. The van der Waals surface area contributed by atoms with Crippen LogP contribution < -0.4 is 10.6 Å². The standard InChI is InChI=1S/C21H38N2O3/c1-2-3-4-5-6-7-8-9-10-11-12-13-14-15-16-17-18-19(24)22-21(26)23-20(18)25/h18H,2-17H2,1H3,(H2,22,23,24,25,26). The van der Waals surface area contributed by atoms with E-state index in [1.807, 2.05) is 0 Å². The maximum atomic E-state index is 11.6. The van der Waals surface area contributed by atoms with Crippen molar-refractivity contribution in [3.8, 4) is 0 Å². The lowest BCUT2D eigenvalue weighted by atomic mass is 9.97. The molecule has 5 nitrogen and oxygen atoms in total. The predicted octanol–water partition coefficient (Wildman–Crippen LogP) is 5.23. The molecule has 1 aliphatic rings. The van der Waals surface area contributed by atoms with E-state index in [1.165, 1.54) is 77.0 Å². The Balaban J connectivity index is 1.83. The molecule has 0 saturated carbocycles. The number of unbranched alkanes of at least 4 members (excludes halogenated alkanes) is 14. The Morgan fingerprint density at radius 3 is 1.31 bits per heavy atom. The molecule has 0 aromatic rings. The molecule has 4 amide bonds. The molecule has 1 saturated heterocycles. The number of imide groups is 2. The zero-order valence-corrected chi connectivity index (χ0v) is 16.6. The van der Waals surface area contributed by atoms with Gasteiger partial charge in [-0.25, -0.2) is 4.79 Å². The minimum atomic E-state index is -0.701. The number of hydrogen-bond acceptors (Lipinski definition) is 3. The van der Waals surface area contributed by atoms with Crippen molar-refractivity contribution < 1.29 is 14.4 Å². The molecule has 150 valence electrons. The first-order valence-electron chi connectivity index (χ1n) is 10.8. The topological polar surface area (TPSA) is 75.3 Å². The van der Waals surface area contributed by atoms with Gasteiger partial charge >= 0.3 is 6.03 Å². The van der Waals surface area contributed by atoms with Crippen LogP contribution >= 0.6 is 0 Å². The first-order chi connectivity index (χ1) is 12.6. The van der Waals surface area contributed by atoms with Crippen molar-refractivity contribution in [3.63, 3.8) is 0 Å². The van der Waals surface area contributed by atoms with Gasteiger partial charge in [-0.15, -0.1) is 0 Å². The minimum Gasteiger partial charge on any atom is -0.277 e. The summed E-state index contributed by atoms with van der Waals surface area (Å²) >= 11 is 0. The number of barbiturate groups is 1. The summed E-state index contributed by atoms with van der Waals surface area (Å²) in [6.45, 7) is 2.26. The van der Waals surface area contributed by atoms with Crippen LogP contribution in [0, 0.1) is 5.92 Å². The molecule has 0 atom stereocenters. The minimum absolute atomic E-state index is 0.455. The number of nitrogens with one attached hydrogen (secondary N) is 2. The van der Waals surface area contributed by atoms with Crippen LogP contribution in [0.4, 0.5) is 4.79 Å². The van der Waals surface area contributed by atoms with E-state index in [2.05, 4.69) is 17.6 Å². The lowest BCUT2D eigenvalue weighted by Crippen LogP contribution is -2.55. The molecule has 0 aliphatic carbocycles. The molecule has 1 aliphatic heterocycles. The third kappa shape index (κ3) is 10.6. The summed E-state index contributed by atoms with van der Waals surface area (Å²) in [4.78, 5) is 34.2. The van der Waals surface area contributed by atoms with E-state index in [0.29, 0.717) is 6.42 Å². The first kappa shape index (κ1) is 22.7. The van der Waals surface area contributed by atoms with Gasteiger partial charge in [0.05, 0.1) is 0 Å². The lowest BCUT2D eigenvalue weighted by molar-refractivity contribution is -0.136. The van der Waals surface area contributed by atoms with Crippen molar-refractivity contribution in [2.24, 2.45) is 5.92 Å². The summed E-state index contributed by atoms with van der Waals surface area (Å²) in [6, 6.07) is -0.701. The lowest BCUT2D eigenvalue weighted by Gasteiger charge is -2.20. The van der Waals surface area contributed by atoms with Gasteiger partial charge in [0.2, 0.25) is 11.8 Å². The Morgan fingerprint density at radius 1 is 0.577 bits per heavy atom. The van der Waals surface area contributed by atoms with E-state index in [1.54, 1.807) is 0 Å². The molecular formula is C21H38N2O3. The summed E-state index contributed by atoms with van der Waals surface area (Å²) in [5.74, 6) is -1.61. The fraction of sp³-hybridized carbons (Fsp3) is 0.857. The monoisotopic (exact) mass is 366 g/mol. The van der Waals surface area contributed by atoms with Crippen molar-refractivity contribution in [2.45, 2.75) is 110 Å². The molecule has 26 heavy (non-hydrogen) atoms. The number of rotatable bonds is 16. The highest BCUT2D eigenvalue weighted by atomic mass is 16.2. The largest absolute Gasteiger partial charge is 0.328 e. The molecule has 0 aromatic heterocycles. The Labute approximate surface area is 159 Å². The Morgan fingerprint density at radius 2 is 0.923 bits per heavy atom. The number of urea groups is 1. The van der Waals surface area contributed by atoms with E-state index < -0.39 is 23.8 Å². The van der Waals surface area contributed by atoms with Crippen molar-refractivity contribution in [1.29, 1.82) is 0 Å². The summed E-state index contributed by atoms with van der Waals surface area (Å²) < 4.78 is 0. The highest BCUT2D eigenvalue weighted by Gasteiger charge is 2.33. The van der Waals surface area contributed by atoms with E-state index in [9.17, 15) is 14.4 Å². The normalized spacial score (nSPS) is 15.2. The summed E-state index contributed by atoms with van der Waals surface area (Å²) in [5.41, 5.74) is 0. The van der Waals surface area contributed by atoms with Crippen molar-refractivity contribution in [3.05, 3.63) is 0 Å². The molecule has 5 heteroatoms. The highest BCUT2D eigenvalue weighted by molar-refractivity contribution is 6.16. The zero-order valence-electron chi connectivity index (χ0n) is 16.6. The van der Waals surface area contributed by atoms with E-state index in [0.717, 1.165) is 19.3 Å². The number of amides is 4. The number of carbonyl (C=O) groups is 3. The second-order valence-corrected chi connectivity index (χ2v) is 7.60. The van der Waals surface area contributed by atoms with Crippen LogP contribution in [-0.2, 0) is 9.59 Å². The average molecular weight is 367 g/mol. The van der Waals surface area contributed by atoms with Gasteiger partial charge in [-0.3, -0.25) is 20.2 Å². The fourth-order valence-electron chi connectivity index (χ4n) is 3.53. The molecular weight excluding hydrogens is 328 g/mol. The second-order valence-electron chi connectivity index (χ2n) is 7.60. The van der Waals surface area contributed by atoms with Crippen LogP contribution in [0.1, 0.15) is 110 Å². The first-order valence-corrected chi connectivity index (χ1v) is 10.8. The Bertz CT molecular complexity index is 403. The van der Waals surface area contributed by atoms with Crippen molar-refractivity contribution >= 4 is 17.8 Å². The summed E-state index contributed by atoms with van der Waals surface area (Å²) in [7, 11) is 0. The van der Waals surface area contributed by atoms with Gasteiger partial charge in [0, 0.05) is 0 Å². The fourth-order valence-corrected chi connectivity index (χ4v) is 3.53. The third-order valence-electron chi connectivity index (χ3n) is 5.20. The SMILES string of the molecule is CCCCCCCCCCCCCCCCCC1C(=O)NC(=O)NC1=O. The smallest absolute Gasteiger partial charge is 0.277 e.